The lowest BCUT2D eigenvalue weighted by Crippen LogP contribution is -1.98. The summed E-state index contributed by atoms with van der Waals surface area (Å²) in [6.07, 6.45) is 7.33. The molecule has 0 radical (unpaired) electrons. The summed E-state index contributed by atoms with van der Waals surface area (Å²) in [5, 5.41) is 1.85. The lowest BCUT2D eigenvalue weighted by molar-refractivity contribution is 1.24. The van der Waals surface area contributed by atoms with E-state index in [0.717, 1.165) is 77.7 Å². The van der Waals surface area contributed by atoms with Crippen molar-refractivity contribution < 1.29 is 0 Å². The summed E-state index contributed by atoms with van der Waals surface area (Å²) in [5.41, 5.74) is 9.58. The predicted molar refractivity (Wildman–Crippen MR) is 140 cm³/mol. The lowest BCUT2D eigenvalue weighted by atomic mass is 10.1. The fourth-order valence-electron chi connectivity index (χ4n) is 4.88. The van der Waals surface area contributed by atoms with Gasteiger partial charge in [0.15, 0.2) is 0 Å². The number of nitrogens with zero attached hydrogens (tertiary/aromatic N) is 6. The molecule has 0 unspecified atom stereocenters. The van der Waals surface area contributed by atoms with E-state index in [1.807, 2.05) is 73.1 Å². The molecule has 0 amide bonds. The minimum Gasteiger partial charge on any atom is -0.360 e. The zero-order chi connectivity index (χ0) is 23.6. The number of fused-ring (bicyclic) bond motifs is 8. The Bertz CT molecular complexity index is 1940. The van der Waals surface area contributed by atoms with Gasteiger partial charge in [0.1, 0.15) is 11.4 Å². The Balaban J connectivity index is 1.49. The predicted octanol–water partition coefficient (Wildman–Crippen LogP) is 5.81. The zero-order valence-corrected chi connectivity index (χ0v) is 18.8. The van der Waals surface area contributed by atoms with Gasteiger partial charge < -0.3 is 9.97 Å². The van der Waals surface area contributed by atoms with E-state index in [9.17, 15) is 0 Å². The van der Waals surface area contributed by atoms with Crippen LogP contribution in [0.1, 0.15) is 0 Å². The first-order valence-electron chi connectivity index (χ1n) is 11.6. The lowest BCUT2D eigenvalue weighted by Gasteiger charge is -2.11. The van der Waals surface area contributed by atoms with E-state index in [1.165, 1.54) is 0 Å². The van der Waals surface area contributed by atoms with Crippen molar-refractivity contribution >= 4 is 54.9 Å². The molecule has 0 aliphatic heterocycles. The minimum absolute atomic E-state index is 0.751. The molecular formula is C28H16N8. The van der Waals surface area contributed by atoms with Gasteiger partial charge in [-0.2, -0.15) is 0 Å². The van der Waals surface area contributed by atoms with Crippen LogP contribution in [0, 0.1) is 0 Å². The Hall–Kier alpha value is -5.24. The van der Waals surface area contributed by atoms with Crippen LogP contribution in [0.5, 0.6) is 0 Å². The molecule has 0 aliphatic carbocycles. The van der Waals surface area contributed by atoms with E-state index in [0.29, 0.717) is 0 Å². The summed E-state index contributed by atoms with van der Waals surface area (Å²) in [6, 6.07) is 19.7. The van der Waals surface area contributed by atoms with Crippen molar-refractivity contribution in [2.24, 2.45) is 0 Å². The first kappa shape index (κ1) is 19.1. The second-order valence-corrected chi connectivity index (χ2v) is 8.64. The topological polar surface area (TPSA) is 109 Å². The number of pyridine rings is 2. The van der Waals surface area contributed by atoms with Crippen LogP contribution in [0.15, 0.2) is 85.5 Å². The van der Waals surface area contributed by atoms with Crippen LogP contribution >= 0.6 is 0 Å². The van der Waals surface area contributed by atoms with Gasteiger partial charge in [0.05, 0.1) is 55.5 Å². The molecule has 6 aromatic heterocycles. The Labute approximate surface area is 203 Å². The number of hydrogen-bond acceptors (Lipinski definition) is 6. The molecule has 6 heterocycles. The van der Waals surface area contributed by atoms with Gasteiger partial charge in [0, 0.05) is 35.6 Å². The largest absolute Gasteiger partial charge is 0.360 e. The van der Waals surface area contributed by atoms with Crippen molar-refractivity contribution in [3.63, 3.8) is 0 Å². The minimum atomic E-state index is 0.751. The summed E-state index contributed by atoms with van der Waals surface area (Å²) in [4.78, 5) is 35.9. The molecule has 0 atom stereocenters. The van der Waals surface area contributed by atoms with E-state index in [-0.39, 0.29) is 0 Å². The Morgan fingerprint density at radius 2 is 0.944 bits per heavy atom. The second kappa shape index (κ2) is 7.13. The third-order valence-electron chi connectivity index (χ3n) is 6.51. The van der Waals surface area contributed by atoms with E-state index < -0.39 is 0 Å². The molecule has 0 aliphatic rings. The van der Waals surface area contributed by atoms with Crippen LogP contribution in [0.25, 0.3) is 77.7 Å². The highest BCUT2D eigenvalue weighted by molar-refractivity contribution is 6.21. The third kappa shape index (κ3) is 2.69. The van der Waals surface area contributed by atoms with Crippen molar-refractivity contribution in [3.8, 4) is 22.8 Å². The van der Waals surface area contributed by atoms with Crippen molar-refractivity contribution in [1.82, 2.24) is 39.9 Å². The van der Waals surface area contributed by atoms with Crippen molar-refractivity contribution in [1.29, 1.82) is 0 Å². The maximum atomic E-state index is 5.06. The molecule has 2 N–H and O–H groups in total. The van der Waals surface area contributed by atoms with E-state index >= 15 is 0 Å². The van der Waals surface area contributed by atoms with Crippen LogP contribution in [0.3, 0.4) is 0 Å². The Morgan fingerprint density at radius 1 is 0.472 bits per heavy atom. The summed E-state index contributed by atoms with van der Waals surface area (Å²) in [7, 11) is 0. The van der Waals surface area contributed by atoms with E-state index in [4.69, 9.17) is 19.9 Å². The summed E-state index contributed by atoms with van der Waals surface area (Å²) < 4.78 is 0. The number of hydrogen-bond donors (Lipinski definition) is 2. The highest BCUT2D eigenvalue weighted by Gasteiger charge is 2.17. The average Bonchev–Trinajstić information content (AvgIpc) is 3.66. The van der Waals surface area contributed by atoms with Gasteiger partial charge in [-0.1, -0.05) is 0 Å². The van der Waals surface area contributed by atoms with Crippen molar-refractivity contribution in [2.75, 3.05) is 0 Å². The molecule has 8 rings (SSSR count). The van der Waals surface area contributed by atoms with Gasteiger partial charge in [0.25, 0.3) is 0 Å². The molecule has 8 heteroatoms. The summed E-state index contributed by atoms with van der Waals surface area (Å²) in [5.74, 6) is 0. The van der Waals surface area contributed by atoms with Crippen LogP contribution in [-0.4, -0.2) is 39.9 Å². The summed E-state index contributed by atoms with van der Waals surface area (Å²) >= 11 is 0. The number of H-pyrrole nitrogens is 2. The van der Waals surface area contributed by atoms with Gasteiger partial charge in [-0.3, -0.25) is 9.97 Å². The molecule has 2 aromatic carbocycles. The molecule has 8 nitrogen and oxygen atoms in total. The van der Waals surface area contributed by atoms with Crippen LogP contribution < -0.4 is 0 Å². The molecule has 36 heavy (non-hydrogen) atoms. The first-order chi connectivity index (χ1) is 17.8. The SMILES string of the molecule is c1c[nH]c(-c2nc3cc4nc5c6cccnc6c6ncccc6c5nc4cc3nc2-c2ccc[nH]2)c1. The molecule has 0 saturated heterocycles. The number of benzene rings is 2. The average molecular weight is 464 g/mol. The highest BCUT2D eigenvalue weighted by atomic mass is 14.9. The number of aromatic nitrogens is 8. The number of nitrogens with one attached hydrogen (secondary N) is 2. The highest BCUT2D eigenvalue weighted by Crippen LogP contribution is 2.34. The molecule has 0 bridgehead atoms. The fourth-order valence-corrected chi connectivity index (χ4v) is 4.88. The van der Waals surface area contributed by atoms with Gasteiger partial charge in [-0.05, 0) is 60.7 Å². The summed E-state index contributed by atoms with van der Waals surface area (Å²) in [6.45, 7) is 0. The Kier molecular flexibility index (Phi) is 3.78. The fraction of sp³-hybridized carbons (Fsp3) is 0. The van der Waals surface area contributed by atoms with E-state index in [2.05, 4.69) is 19.9 Å². The molecule has 0 fully saturated rings. The van der Waals surface area contributed by atoms with Crippen LogP contribution in [-0.2, 0) is 0 Å². The standard InChI is InChI=1S/C28H16N8/c1-5-15-23(31-11-1)24-16(6-2-12-32-24)26-25(15)33-19-13-21-22(14-20(19)34-26)36-28(18-8-4-10-30-18)27(35-21)17-7-3-9-29-17/h1-14,29-30H. The maximum absolute atomic E-state index is 5.06. The van der Waals surface area contributed by atoms with Gasteiger partial charge in [-0.25, -0.2) is 19.9 Å². The molecule has 0 spiro atoms. The second-order valence-electron chi connectivity index (χ2n) is 8.64. The molecule has 8 aromatic rings. The number of aromatic amines is 2. The monoisotopic (exact) mass is 464 g/mol. The molecular weight excluding hydrogens is 448 g/mol. The van der Waals surface area contributed by atoms with Gasteiger partial charge in [-0.15, -0.1) is 0 Å². The van der Waals surface area contributed by atoms with Gasteiger partial charge in [0.2, 0.25) is 0 Å². The third-order valence-corrected chi connectivity index (χ3v) is 6.51. The smallest absolute Gasteiger partial charge is 0.115 e. The zero-order valence-electron chi connectivity index (χ0n) is 18.8. The van der Waals surface area contributed by atoms with Crippen LogP contribution in [0.4, 0.5) is 0 Å². The van der Waals surface area contributed by atoms with Crippen LogP contribution in [0.2, 0.25) is 0 Å². The molecule has 0 saturated carbocycles. The van der Waals surface area contributed by atoms with Gasteiger partial charge >= 0.3 is 0 Å². The Morgan fingerprint density at radius 3 is 1.39 bits per heavy atom. The maximum Gasteiger partial charge on any atom is 0.115 e. The van der Waals surface area contributed by atoms with Crippen molar-refractivity contribution in [3.05, 3.63) is 85.5 Å². The van der Waals surface area contributed by atoms with E-state index in [1.54, 1.807) is 12.4 Å². The normalized spacial score (nSPS) is 11.9. The molecule has 168 valence electrons. The number of rotatable bonds is 2. The van der Waals surface area contributed by atoms with Crippen molar-refractivity contribution in [2.45, 2.75) is 0 Å². The first-order valence-corrected chi connectivity index (χ1v) is 11.6. The quantitative estimate of drug-likeness (QED) is 0.247.